The normalized spacial score (nSPS) is 14.2. The summed E-state index contributed by atoms with van der Waals surface area (Å²) in [5.74, 6) is -0.936. The summed E-state index contributed by atoms with van der Waals surface area (Å²) in [7, 11) is 0. The number of rotatable bonds is 5. The first-order chi connectivity index (χ1) is 7.93. The van der Waals surface area contributed by atoms with Gasteiger partial charge in [0.1, 0.15) is 6.61 Å². The average molecular weight is 261 g/mol. The van der Waals surface area contributed by atoms with Crippen LogP contribution in [0.25, 0.3) is 0 Å². The van der Waals surface area contributed by atoms with E-state index in [1.807, 2.05) is 20.8 Å². The number of carbonyl (C=O) groups is 2. The summed E-state index contributed by atoms with van der Waals surface area (Å²) in [6, 6.07) is 0. The van der Waals surface area contributed by atoms with Crippen LogP contribution in [0.1, 0.15) is 41.5 Å². The topological polar surface area (TPSA) is 55.4 Å². The van der Waals surface area contributed by atoms with Crippen molar-refractivity contribution in [2.24, 2.45) is 5.41 Å². The molecule has 0 aliphatic heterocycles. The van der Waals surface area contributed by atoms with Crippen molar-refractivity contribution in [1.82, 2.24) is 5.32 Å². The van der Waals surface area contributed by atoms with E-state index >= 15 is 0 Å². The second-order valence-corrected chi connectivity index (χ2v) is 6.29. The fourth-order valence-corrected chi connectivity index (χ4v) is 1.10. The number of hydrogen-bond donors (Lipinski definition) is 1. The number of ether oxygens (including phenoxy) is 1. The molecule has 0 saturated carbocycles. The van der Waals surface area contributed by atoms with Gasteiger partial charge in [-0.1, -0.05) is 20.8 Å². The lowest BCUT2D eigenvalue weighted by atomic mass is 9.88. The quantitative estimate of drug-likeness (QED) is 0.822. The van der Waals surface area contributed by atoms with E-state index in [0.29, 0.717) is 0 Å². The Labute approximate surface area is 108 Å². The highest BCUT2D eigenvalue weighted by Gasteiger charge is 2.29. The van der Waals surface area contributed by atoms with Gasteiger partial charge in [0.05, 0.1) is 12.1 Å². The van der Waals surface area contributed by atoms with E-state index in [1.165, 1.54) is 0 Å². The summed E-state index contributed by atoms with van der Waals surface area (Å²) in [5, 5.41) is 2.35. The van der Waals surface area contributed by atoms with Crippen molar-refractivity contribution in [3.63, 3.8) is 0 Å². The summed E-state index contributed by atoms with van der Waals surface area (Å²) < 4.78 is 18.8. The second kappa shape index (κ2) is 6.27. The van der Waals surface area contributed by atoms with Crippen LogP contribution in [-0.4, -0.2) is 36.6 Å². The molecule has 1 amide bonds. The van der Waals surface area contributed by atoms with Crippen molar-refractivity contribution in [2.45, 2.75) is 53.3 Å². The smallest absolute Gasteiger partial charge is 0.246 e. The number of amides is 1. The minimum absolute atomic E-state index is 0.139. The molecule has 0 bridgehead atoms. The van der Waals surface area contributed by atoms with Crippen LogP contribution >= 0.6 is 0 Å². The van der Waals surface area contributed by atoms with Crippen molar-refractivity contribution in [3.8, 4) is 0 Å². The van der Waals surface area contributed by atoms with Gasteiger partial charge in [0.2, 0.25) is 5.91 Å². The zero-order valence-electron chi connectivity index (χ0n) is 12.1. The largest absolute Gasteiger partial charge is 0.366 e. The molecule has 0 heterocycles. The molecule has 0 aromatic heterocycles. The van der Waals surface area contributed by atoms with E-state index in [4.69, 9.17) is 4.74 Å². The highest BCUT2D eigenvalue weighted by Crippen LogP contribution is 2.18. The Hall–Kier alpha value is -0.970. The van der Waals surface area contributed by atoms with Crippen LogP contribution in [0.4, 0.5) is 4.39 Å². The third-order valence-corrected chi connectivity index (χ3v) is 2.14. The molecule has 1 N–H and O–H groups in total. The molecule has 0 rings (SSSR count). The fourth-order valence-electron chi connectivity index (χ4n) is 1.10. The molecule has 0 aromatic rings. The molecular formula is C13H24FNO3. The van der Waals surface area contributed by atoms with Crippen LogP contribution in [-0.2, 0) is 14.3 Å². The molecule has 106 valence electrons. The molecule has 0 aliphatic carbocycles. The third-order valence-electron chi connectivity index (χ3n) is 2.14. The first kappa shape index (κ1) is 17.0. The Kier molecular flexibility index (Phi) is 5.93. The second-order valence-electron chi connectivity index (χ2n) is 6.29. The van der Waals surface area contributed by atoms with Crippen molar-refractivity contribution in [3.05, 3.63) is 0 Å². The van der Waals surface area contributed by atoms with Gasteiger partial charge in [0.15, 0.2) is 12.0 Å². The van der Waals surface area contributed by atoms with Gasteiger partial charge in [0.25, 0.3) is 0 Å². The van der Waals surface area contributed by atoms with E-state index in [-0.39, 0.29) is 13.2 Å². The monoisotopic (exact) mass is 261 g/mol. The standard InChI is InChI=1S/C13H24FNO3/c1-12(2,3)11(17)9(14)7-15-10(16)8-18-13(4,5)6/h9H,7-8H2,1-6H3,(H,15,16)/t9-/m0/s1. The molecule has 0 aromatic carbocycles. The number of halogens is 1. The fraction of sp³-hybridized carbons (Fsp3) is 0.846. The van der Waals surface area contributed by atoms with Crippen molar-refractivity contribution >= 4 is 11.7 Å². The van der Waals surface area contributed by atoms with Crippen molar-refractivity contribution in [2.75, 3.05) is 13.2 Å². The number of alkyl halides is 1. The zero-order chi connectivity index (χ0) is 14.6. The van der Waals surface area contributed by atoms with E-state index < -0.39 is 28.9 Å². The maximum atomic E-state index is 13.5. The van der Waals surface area contributed by atoms with Gasteiger partial charge in [-0.3, -0.25) is 9.59 Å². The lowest BCUT2D eigenvalue weighted by Crippen LogP contribution is -2.41. The van der Waals surface area contributed by atoms with Crippen LogP contribution in [0.5, 0.6) is 0 Å². The molecule has 0 aliphatic rings. The molecule has 4 nitrogen and oxygen atoms in total. The number of carbonyl (C=O) groups excluding carboxylic acids is 2. The first-order valence-corrected chi connectivity index (χ1v) is 6.02. The van der Waals surface area contributed by atoms with Crippen molar-refractivity contribution in [1.29, 1.82) is 0 Å². The van der Waals surface area contributed by atoms with Crippen LogP contribution < -0.4 is 5.32 Å². The summed E-state index contributed by atoms with van der Waals surface area (Å²) in [6.45, 7) is 9.96. The molecule has 0 fully saturated rings. The van der Waals surface area contributed by atoms with Crippen LogP contribution in [0.15, 0.2) is 0 Å². The Balaban J connectivity index is 4.04. The van der Waals surface area contributed by atoms with Gasteiger partial charge < -0.3 is 10.1 Å². The number of Topliss-reactive ketones (excluding diaryl/α,β-unsaturated/α-hetero) is 1. The van der Waals surface area contributed by atoms with Gasteiger partial charge in [-0.2, -0.15) is 0 Å². The average Bonchev–Trinajstić information content (AvgIpc) is 2.19. The highest BCUT2D eigenvalue weighted by atomic mass is 19.1. The molecule has 0 radical (unpaired) electrons. The van der Waals surface area contributed by atoms with Crippen LogP contribution in [0, 0.1) is 5.41 Å². The Morgan fingerprint density at radius 3 is 2.06 bits per heavy atom. The summed E-state index contributed by atoms with van der Waals surface area (Å²) in [4.78, 5) is 22.9. The summed E-state index contributed by atoms with van der Waals surface area (Å²) in [6.07, 6.45) is -1.68. The highest BCUT2D eigenvalue weighted by molar-refractivity contribution is 5.88. The van der Waals surface area contributed by atoms with Gasteiger partial charge >= 0.3 is 0 Å². The summed E-state index contributed by atoms with van der Waals surface area (Å²) in [5.41, 5.74) is -1.17. The third kappa shape index (κ3) is 7.37. The van der Waals surface area contributed by atoms with E-state index in [2.05, 4.69) is 5.32 Å². The summed E-state index contributed by atoms with van der Waals surface area (Å²) >= 11 is 0. The minimum Gasteiger partial charge on any atom is -0.366 e. The molecule has 18 heavy (non-hydrogen) atoms. The first-order valence-electron chi connectivity index (χ1n) is 6.02. The van der Waals surface area contributed by atoms with E-state index in [9.17, 15) is 14.0 Å². The van der Waals surface area contributed by atoms with Gasteiger partial charge in [-0.15, -0.1) is 0 Å². The lowest BCUT2D eigenvalue weighted by Gasteiger charge is -2.21. The van der Waals surface area contributed by atoms with E-state index in [1.54, 1.807) is 20.8 Å². The van der Waals surface area contributed by atoms with Crippen LogP contribution in [0.2, 0.25) is 0 Å². The SMILES string of the molecule is CC(C)(C)OCC(=O)NC[C@H](F)C(=O)C(C)(C)C. The Morgan fingerprint density at radius 1 is 1.17 bits per heavy atom. The molecular weight excluding hydrogens is 237 g/mol. The van der Waals surface area contributed by atoms with Gasteiger partial charge in [-0.25, -0.2) is 4.39 Å². The molecule has 0 spiro atoms. The number of nitrogens with one attached hydrogen (secondary N) is 1. The molecule has 0 unspecified atom stereocenters. The van der Waals surface area contributed by atoms with E-state index in [0.717, 1.165) is 0 Å². The molecule has 5 heteroatoms. The maximum absolute atomic E-state index is 13.5. The Morgan fingerprint density at radius 2 is 1.67 bits per heavy atom. The lowest BCUT2D eigenvalue weighted by molar-refractivity contribution is -0.133. The van der Waals surface area contributed by atoms with Gasteiger partial charge in [-0.05, 0) is 20.8 Å². The minimum atomic E-state index is -1.68. The predicted octanol–water partition coefficient (Wildman–Crippen LogP) is 1.87. The van der Waals surface area contributed by atoms with Gasteiger partial charge in [0, 0.05) is 5.41 Å². The number of hydrogen-bond acceptors (Lipinski definition) is 3. The van der Waals surface area contributed by atoms with Crippen LogP contribution in [0.3, 0.4) is 0 Å². The Bertz CT molecular complexity index is 302. The molecule has 1 atom stereocenters. The maximum Gasteiger partial charge on any atom is 0.246 e. The molecule has 0 saturated heterocycles. The zero-order valence-corrected chi connectivity index (χ0v) is 12.1. The predicted molar refractivity (Wildman–Crippen MR) is 68.1 cm³/mol. The number of ketones is 1. The van der Waals surface area contributed by atoms with Crippen molar-refractivity contribution < 1.29 is 18.7 Å².